The lowest BCUT2D eigenvalue weighted by molar-refractivity contribution is 0.0664. The minimum atomic E-state index is -2.71. The van der Waals surface area contributed by atoms with Gasteiger partial charge in [-0.05, 0) is 49.9 Å². The van der Waals surface area contributed by atoms with Gasteiger partial charge in [0.25, 0.3) is 18.1 Å². The van der Waals surface area contributed by atoms with Crippen molar-refractivity contribution in [3.05, 3.63) is 64.9 Å². The Labute approximate surface area is 189 Å². The lowest BCUT2D eigenvalue weighted by Crippen LogP contribution is -2.43. The Morgan fingerprint density at radius 3 is 2.76 bits per heavy atom. The van der Waals surface area contributed by atoms with Gasteiger partial charge in [0.15, 0.2) is 0 Å². The molecule has 0 aliphatic carbocycles. The van der Waals surface area contributed by atoms with Crippen LogP contribution in [0.25, 0.3) is 16.7 Å². The Hall–Kier alpha value is -3.49. The first kappa shape index (κ1) is 21.4. The summed E-state index contributed by atoms with van der Waals surface area (Å²) in [7, 11) is 0. The molecule has 0 bridgehead atoms. The molecule has 4 heterocycles. The normalized spacial score (nSPS) is 19.0. The molecule has 170 valence electrons. The van der Waals surface area contributed by atoms with Crippen molar-refractivity contribution in [2.45, 2.75) is 39.5 Å². The summed E-state index contributed by atoms with van der Waals surface area (Å²) in [4.78, 5) is 27.9. The molecule has 0 radical (unpaired) electrons. The molecule has 0 spiro atoms. The molecule has 1 amide bonds. The van der Waals surface area contributed by atoms with Gasteiger partial charge >= 0.3 is 0 Å². The van der Waals surface area contributed by atoms with Crippen molar-refractivity contribution in [1.29, 1.82) is 0 Å². The van der Waals surface area contributed by atoms with Crippen LogP contribution >= 0.6 is 0 Å². The molecule has 9 heteroatoms. The number of aromatic nitrogens is 5. The van der Waals surface area contributed by atoms with Crippen LogP contribution in [0, 0.1) is 19.8 Å². The van der Waals surface area contributed by atoms with Crippen molar-refractivity contribution >= 4 is 22.6 Å². The third-order valence-electron chi connectivity index (χ3n) is 6.54. The van der Waals surface area contributed by atoms with Crippen LogP contribution < -0.4 is 0 Å². The number of carbonyl (C=O) groups is 1. The van der Waals surface area contributed by atoms with Gasteiger partial charge in [-0.15, -0.1) is 0 Å². The van der Waals surface area contributed by atoms with Crippen LogP contribution in [0.1, 0.15) is 58.7 Å². The first-order chi connectivity index (χ1) is 15.8. The Morgan fingerprint density at radius 1 is 1.15 bits per heavy atom. The highest BCUT2D eigenvalue weighted by Gasteiger charge is 2.33. The molecule has 3 aromatic heterocycles. The van der Waals surface area contributed by atoms with E-state index < -0.39 is 6.43 Å². The van der Waals surface area contributed by atoms with E-state index in [0.717, 1.165) is 22.9 Å². The summed E-state index contributed by atoms with van der Waals surface area (Å²) in [6, 6.07) is 9.26. The monoisotopic (exact) mass is 450 g/mol. The van der Waals surface area contributed by atoms with E-state index in [1.807, 2.05) is 38.1 Å². The highest BCUT2D eigenvalue weighted by atomic mass is 19.3. The van der Waals surface area contributed by atoms with E-state index in [1.165, 1.54) is 16.9 Å². The number of benzene rings is 1. The third-order valence-corrected chi connectivity index (χ3v) is 6.54. The summed E-state index contributed by atoms with van der Waals surface area (Å²) in [6.07, 6.45) is -0.654. The minimum Gasteiger partial charge on any atom is -0.338 e. The van der Waals surface area contributed by atoms with Gasteiger partial charge in [0.2, 0.25) is 0 Å². The number of alkyl halides is 2. The average molecular weight is 450 g/mol. The van der Waals surface area contributed by atoms with Crippen molar-refractivity contribution in [3.8, 4) is 0 Å². The number of likely N-dealkylation sites (tertiary alicyclic amines) is 1. The van der Waals surface area contributed by atoms with Crippen molar-refractivity contribution < 1.29 is 13.6 Å². The van der Waals surface area contributed by atoms with E-state index in [0.29, 0.717) is 30.0 Å². The SMILES string of the molecule is Cc1ccc2cc(C(=O)N3CC[C@@H](C)[C@H](c4cc(C(F)F)nc5ncnn45)C3)c(C)nc2c1. The molecule has 1 aromatic carbocycles. The summed E-state index contributed by atoms with van der Waals surface area (Å²) >= 11 is 0. The molecule has 0 N–H and O–H groups in total. The average Bonchev–Trinajstić information content (AvgIpc) is 3.26. The largest absolute Gasteiger partial charge is 0.338 e. The van der Waals surface area contributed by atoms with E-state index in [9.17, 15) is 13.6 Å². The maximum atomic E-state index is 13.5. The van der Waals surface area contributed by atoms with Crippen LogP contribution in [-0.2, 0) is 0 Å². The predicted molar refractivity (Wildman–Crippen MR) is 119 cm³/mol. The van der Waals surface area contributed by atoms with Crippen LogP contribution in [0.2, 0.25) is 0 Å². The van der Waals surface area contributed by atoms with Gasteiger partial charge in [0.05, 0.1) is 22.5 Å². The van der Waals surface area contributed by atoms with Gasteiger partial charge in [-0.3, -0.25) is 9.78 Å². The second-order valence-electron chi connectivity index (χ2n) is 8.82. The number of pyridine rings is 1. The van der Waals surface area contributed by atoms with Crippen LogP contribution in [0.4, 0.5) is 8.78 Å². The zero-order valence-corrected chi connectivity index (χ0v) is 18.7. The number of hydrogen-bond acceptors (Lipinski definition) is 5. The first-order valence-electron chi connectivity index (χ1n) is 11.0. The zero-order chi connectivity index (χ0) is 23.3. The van der Waals surface area contributed by atoms with Crippen molar-refractivity contribution in [3.63, 3.8) is 0 Å². The molecular formula is C24H24F2N6O. The quantitative estimate of drug-likeness (QED) is 0.460. The summed E-state index contributed by atoms with van der Waals surface area (Å²) in [5.41, 5.74) is 3.48. The van der Waals surface area contributed by atoms with Crippen molar-refractivity contribution in [2.75, 3.05) is 13.1 Å². The van der Waals surface area contributed by atoms with E-state index in [4.69, 9.17) is 0 Å². The predicted octanol–water partition coefficient (Wildman–Crippen LogP) is 4.49. The second kappa shape index (κ2) is 8.13. The summed E-state index contributed by atoms with van der Waals surface area (Å²) in [5, 5.41) is 5.11. The molecule has 1 aliphatic rings. The smallest absolute Gasteiger partial charge is 0.280 e. The summed E-state index contributed by atoms with van der Waals surface area (Å²) < 4.78 is 28.5. The minimum absolute atomic E-state index is 0.0997. The van der Waals surface area contributed by atoms with Crippen LogP contribution in [0.3, 0.4) is 0 Å². The Balaban J connectivity index is 1.50. The van der Waals surface area contributed by atoms with Gasteiger partial charge in [-0.2, -0.15) is 10.1 Å². The fourth-order valence-corrected chi connectivity index (χ4v) is 4.63. The summed E-state index contributed by atoms with van der Waals surface area (Å²) in [6.45, 7) is 6.91. The van der Waals surface area contributed by atoms with Crippen molar-refractivity contribution in [2.24, 2.45) is 5.92 Å². The first-order valence-corrected chi connectivity index (χ1v) is 11.0. The second-order valence-corrected chi connectivity index (χ2v) is 8.82. The van der Waals surface area contributed by atoms with E-state index in [1.54, 1.807) is 4.90 Å². The highest BCUT2D eigenvalue weighted by Crippen LogP contribution is 2.34. The maximum absolute atomic E-state index is 13.5. The van der Waals surface area contributed by atoms with Gasteiger partial charge in [-0.25, -0.2) is 18.3 Å². The van der Waals surface area contributed by atoms with E-state index in [2.05, 4.69) is 27.0 Å². The number of piperidine rings is 1. The number of aryl methyl sites for hydroxylation is 2. The molecular weight excluding hydrogens is 426 g/mol. The Morgan fingerprint density at radius 2 is 1.97 bits per heavy atom. The number of rotatable bonds is 3. The fourth-order valence-electron chi connectivity index (χ4n) is 4.63. The van der Waals surface area contributed by atoms with Gasteiger partial charge < -0.3 is 4.90 Å². The molecule has 33 heavy (non-hydrogen) atoms. The number of hydrogen-bond donors (Lipinski definition) is 0. The number of amides is 1. The van der Waals surface area contributed by atoms with Crippen LogP contribution in [0.15, 0.2) is 36.7 Å². The Bertz CT molecular complexity index is 1370. The fraction of sp³-hybridized carbons (Fsp3) is 0.375. The van der Waals surface area contributed by atoms with Gasteiger partial charge in [-0.1, -0.05) is 19.1 Å². The molecule has 1 aliphatic heterocycles. The molecule has 1 fully saturated rings. The van der Waals surface area contributed by atoms with E-state index >= 15 is 0 Å². The standard InChI is InChI=1S/C24H24F2N6O/c1-13-4-5-16-9-17(15(3)29-19(16)8-13)23(33)31-7-6-14(2)18(11-31)21-10-20(22(25)26)30-24-27-12-28-32(21)24/h4-5,8-10,12,14,18,22H,6-7,11H2,1-3H3/t14-,18-/m1/s1. The molecule has 4 aromatic rings. The molecule has 5 rings (SSSR count). The zero-order valence-electron chi connectivity index (χ0n) is 18.7. The van der Waals surface area contributed by atoms with Crippen molar-refractivity contribution in [1.82, 2.24) is 29.5 Å². The number of halogens is 2. The van der Waals surface area contributed by atoms with Crippen LogP contribution in [-0.4, -0.2) is 48.5 Å². The number of fused-ring (bicyclic) bond motifs is 2. The van der Waals surface area contributed by atoms with E-state index in [-0.39, 0.29) is 29.2 Å². The molecule has 0 unspecified atom stereocenters. The highest BCUT2D eigenvalue weighted by molar-refractivity contribution is 5.98. The number of nitrogens with zero attached hydrogens (tertiary/aromatic N) is 6. The molecule has 1 saturated heterocycles. The number of carbonyl (C=O) groups excluding carboxylic acids is 1. The maximum Gasteiger partial charge on any atom is 0.280 e. The van der Waals surface area contributed by atoms with Gasteiger partial charge in [0.1, 0.15) is 12.0 Å². The third kappa shape index (κ3) is 3.81. The van der Waals surface area contributed by atoms with Gasteiger partial charge in [0, 0.05) is 24.4 Å². The molecule has 0 saturated carbocycles. The Kier molecular flexibility index (Phi) is 5.26. The summed E-state index contributed by atoms with van der Waals surface area (Å²) in [5.74, 6) is 0.0395. The molecule has 2 atom stereocenters. The lowest BCUT2D eigenvalue weighted by atomic mass is 9.84. The lowest BCUT2D eigenvalue weighted by Gasteiger charge is -2.37. The van der Waals surface area contributed by atoms with Crippen LogP contribution in [0.5, 0.6) is 0 Å². The molecule has 7 nitrogen and oxygen atoms in total. The topological polar surface area (TPSA) is 76.3 Å².